The zero-order valence-corrected chi connectivity index (χ0v) is 9.69. The Morgan fingerprint density at radius 3 is 3.00 bits per heavy atom. The van der Waals surface area contributed by atoms with Gasteiger partial charge >= 0.3 is 0 Å². The van der Waals surface area contributed by atoms with Crippen molar-refractivity contribution in [3.8, 4) is 0 Å². The van der Waals surface area contributed by atoms with E-state index in [-0.39, 0.29) is 18.6 Å². The van der Waals surface area contributed by atoms with Crippen LogP contribution >= 0.6 is 11.8 Å². The molecule has 82 valence electrons. The summed E-state index contributed by atoms with van der Waals surface area (Å²) in [5.74, 6) is 0.998. The molecule has 2 N–H and O–H groups in total. The van der Waals surface area contributed by atoms with Crippen molar-refractivity contribution in [2.75, 3.05) is 12.4 Å². The van der Waals surface area contributed by atoms with Crippen molar-refractivity contribution in [3.05, 3.63) is 29.3 Å². The molecule has 0 aliphatic carbocycles. The highest BCUT2D eigenvalue weighted by molar-refractivity contribution is 7.99. The monoisotopic (exact) mass is 225 g/mol. The van der Waals surface area contributed by atoms with Gasteiger partial charge in [-0.2, -0.15) is 0 Å². The molecular formula is C12H16FNS. The fraction of sp³-hybridized carbons (Fsp3) is 0.500. The summed E-state index contributed by atoms with van der Waals surface area (Å²) < 4.78 is 12.9. The van der Waals surface area contributed by atoms with Crippen molar-refractivity contribution in [3.63, 3.8) is 0 Å². The van der Waals surface area contributed by atoms with Crippen LogP contribution in [0.25, 0.3) is 0 Å². The molecule has 0 bridgehead atoms. The summed E-state index contributed by atoms with van der Waals surface area (Å²) in [6.07, 6.45) is 1.10. The Bertz CT molecular complexity index is 351. The third kappa shape index (κ3) is 2.18. The van der Waals surface area contributed by atoms with Crippen LogP contribution in [-0.4, -0.2) is 18.5 Å². The Morgan fingerprint density at radius 2 is 2.33 bits per heavy atom. The van der Waals surface area contributed by atoms with Crippen molar-refractivity contribution in [2.24, 2.45) is 5.73 Å². The number of hydrogen-bond donors (Lipinski definition) is 1. The first-order chi connectivity index (χ1) is 7.22. The molecule has 1 aromatic carbocycles. The summed E-state index contributed by atoms with van der Waals surface area (Å²) in [4.78, 5) is 1.35. The fourth-order valence-electron chi connectivity index (χ4n) is 1.97. The number of rotatable bonds is 3. The minimum Gasteiger partial charge on any atom is -0.327 e. The van der Waals surface area contributed by atoms with Gasteiger partial charge in [-0.25, -0.2) is 0 Å². The quantitative estimate of drug-likeness (QED) is 0.856. The number of thioether (sulfide) groups is 1. The average Bonchev–Trinajstić information content (AvgIpc) is 2.65. The van der Waals surface area contributed by atoms with Crippen molar-refractivity contribution in [1.82, 2.24) is 0 Å². The highest BCUT2D eigenvalue weighted by Gasteiger charge is 2.19. The number of hydrogen-bond acceptors (Lipinski definition) is 2. The molecule has 2 atom stereocenters. The van der Waals surface area contributed by atoms with Crippen LogP contribution in [0.2, 0.25) is 0 Å². The van der Waals surface area contributed by atoms with Gasteiger partial charge in [-0.15, -0.1) is 11.8 Å². The second-order valence-electron chi connectivity index (χ2n) is 4.09. The smallest absolute Gasteiger partial charge is 0.0977 e. The molecule has 0 aromatic heterocycles. The lowest BCUT2D eigenvalue weighted by atomic mass is 9.92. The van der Waals surface area contributed by atoms with E-state index in [1.54, 1.807) is 0 Å². The van der Waals surface area contributed by atoms with Gasteiger partial charge in [0.1, 0.15) is 0 Å². The molecule has 1 nitrogen and oxygen atoms in total. The molecule has 15 heavy (non-hydrogen) atoms. The maximum absolute atomic E-state index is 12.9. The van der Waals surface area contributed by atoms with Crippen molar-refractivity contribution >= 4 is 11.8 Å². The van der Waals surface area contributed by atoms with Crippen LogP contribution in [-0.2, 0) is 6.42 Å². The van der Waals surface area contributed by atoms with Gasteiger partial charge in [0.25, 0.3) is 0 Å². The minimum absolute atomic E-state index is 0.123. The molecule has 0 spiro atoms. The summed E-state index contributed by atoms with van der Waals surface area (Å²) in [5, 5.41) is 0. The summed E-state index contributed by atoms with van der Waals surface area (Å²) in [6.45, 7) is 1.50. The maximum atomic E-state index is 12.9. The number of fused-ring (bicyclic) bond motifs is 1. The predicted octanol–water partition coefficient (Wildman–Crippen LogP) is 2.74. The van der Waals surface area contributed by atoms with E-state index in [0.29, 0.717) is 0 Å². The number of benzene rings is 1. The Balaban J connectivity index is 2.28. The topological polar surface area (TPSA) is 26.0 Å². The minimum atomic E-state index is -0.371. The third-order valence-electron chi connectivity index (χ3n) is 2.94. The Hall–Kier alpha value is -0.540. The second-order valence-corrected chi connectivity index (χ2v) is 5.22. The Morgan fingerprint density at radius 1 is 1.53 bits per heavy atom. The Kier molecular flexibility index (Phi) is 3.32. The van der Waals surface area contributed by atoms with Gasteiger partial charge in [0, 0.05) is 22.6 Å². The molecule has 1 aliphatic heterocycles. The maximum Gasteiger partial charge on any atom is 0.0977 e. The van der Waals surface area contributed by atoms with Crippen LogP contribution in [0.4, 0.5) is 4.39 Å². The van der Waals surface area contributed by atoms with Crippen LogP contribution in [0.15, 0.2) is 23.1 Å². The van der Waals surface area contributed by atoms with Crippen LogP contribution < -0.4 is 5.73 Å². The van der Waals surface area contributed by atoms with Crippen LogP contribution in [0.1, 0.15) is 24.0 Å². The first kappa shape index (κ1) is 11.0. The molecular weight excluding hydrogens is 209 g/mol. The summed E-state index contributed by atoms with van der Waals surface area (Å²) in [6, 6.07) is 6.13. The highest BCUT2D eigenvalue weighted by atomic mass is 32.2. The molecule has 0 amide bonds. The van der Waals surface area contributed by atoms with Crippen LogP contribution in [0, 0.1) is 0 Å². The molecule has 0 saturated carbocycles. The van der Waals surface area contributed by atoms with E-state index in [2.05, 4.69) is 12.1 Å². The van der Waals surface area contributed by atoms with Crippen molar-refractivity contribution in [1.29, 1.82) is 0 Å². The summed E-state index contributed by atoms with van der Waals surface area (Å²) >= 11 is 1.88. The predicted molar refractivity (Wildman–Crippen MR) is 63.2 cm³/mol. The van der Waals surface area contributed by atoms with Crippen LogP contribution in [0.5, 0.6) is 0 Å². The normalized spacial score (nSPS) is 18.6. The van der Waals surface area contributed by atoms with Gasteiger partial charge in [0.05, 0.1) is 6.67 Å². The SMILES string of the molecule is CC(N)C(CF)c1ccc2c(c1)CCS2. The zero-order chi connectivity index (χ0) is 10.8. The number of aryl methyl sites for hydroxylation is 1. The van der Waals surface area contributed by atoms with E-state index >= 15 is 0 Å². The molecule has 3 heteroatoms. The fourth-order valence-corrected chi connectivity index (χ4v) is 3.02. The molecule has 2 unspecified atom stereocenters. The molecule has 0 saturated heterocycles. The number of halogens is 1. The van der Waals surface area contributed by atoms with E-state index in [4.69, 9.17) is 5.73 Å². The number of alkyl halides is 1. The van der Waals surface area contributed by atoms with E-state index in [0.717, 1.165) is 17.7 Å². The van der Waals surface area contributed by atoms with E-state index < -0.39 is 0 Å². The zero-order valence-electron chi connectivity index (χ0n) is 8.87. The van der Waals surface area contributed by atoms with Crippen molar-refractivity contribution in [2.45, 2.75) is 30.2 Å². The number of nitrogens with two attached hydrogens (primary N) is 1. The third-order valence-corrected chi connectivity index (χ3v) is 4.06. The standard InChI is InChI=1S/C12H16FNS/c1-8(14)11(7-13)9-2-3-12-10(6-9)4-5-15-12/h2-3,6,8,11H,4-5,7,14H2,1H3. The average molecular weight is 225 g/mol. The van der Waals surface area contributed by atoms with Crippen LogP contribution in [0.3, 0.4) is 0 Å². The van der Waals surface area contributed by atoms with Gasteiger partial charge < -0.3 is 5.73 Å². The lowest BCUT2D eigenvalue weighted by Gasteiger charge is -2.18. The first-order valence-corrected chi connectivity index (χ1v) is 6.28. The van der Waals surface area contributed by atoms with Gasteiger partial charge in [-0.3, -0.25) is 4.39 Å². The van der Waals surface area contributed by atoms with Gasteiger partial charge in [-0.05, 0) is 30.5 Å². The lowest BCUT2D eigenvalue weighted by molar-refractivity contribution is 0.397. The second kappa shape index (κ2) is 4.54. The van der Waals surface area contributed by atoms with Crippen molar-refractivity contribution < 1.29 is 4.39 Å². The molecule has 1 heterocycles. The van der Waals surface area contributed by atoms with E-state index in [1.165, 1.54) is 10.5 Å². The highest BCUT2D eigenvalue weighted by Crippen LogP contribution is 2.33. The van der Waals surface area contributed by atoms with E-state index in [1.807, 2.05) is 24.8 Å². The molecule has 1 aromatic rings. The molecule has 0 fully saturated rings. The van der Waals surface area contributed by atoms with Gasteiger partial charge in [0.2, 0.25) is 0 Å². The molecule has 2 rings (SSSR count). The Labute approximate surface area is 94.2 Å². The summed E-state index contributed by atoms with van der Waals surface area (Å²) in [5.41, 5.74) is 8.19. The molecule has 1 aliphatic rings. The van der Waals surface area contributed by atoms with Gasteiger partial charge in [0.15, 0.2) is 0 Å². The molecule has 0 radical (unpaired) electrons. The lowest BCUT2D eigenvalue weighted by Crippen LogP contribution is -2.26. The largest absolute Gasteiger partial charge is 0.327 e. The summed E-state index contributed by atoms with van der Waals surface area (Å²) in [7, 11) is 0. The first-order valence-electron chi connectivity index (χ1n) is 5.29. The van der Waals surface area contributed by atoms with E-state index in [9.17, 15) is 4.39 Å². The van der Waals surface area contributed by atoms with Gasteiger partial charge in [-0.1, -0.05) is 12.1 Å².